The first-order chi connectivity index (χ1) is 8.08. The van der Waals surface area contributed by atoms with Gasteiger partial charge >= 0.3 is 0 Å². The number of benzene rings is 1. The van der Waals surface area contributed by atoms with Crippen LogP contribution in [0.5, 0.6) is 11.5 Å². The Bertz CT molecular complexity index is 416. The zero-order valence-electron chi connectivity index (χ0n) is 9.59. The van der Waals surface area contributed by atoms with Crippen molar-refractivity contribution >= 4 is 17.7 Å². The van der Waals surface area contributed by atoms with Crippen LogP contribution in [0.25, 0.3) is 0 Å². The normalized spacial score (nSPS) is 20.3. The summed E-state index contributed by atoms with van der Waals surface area (Å²) in [6.45, 7) is 2.72. The fraction of sp³-hybridized carbons (Fsp3) is 0.417. The highest BCUT2D eigenvalue weighted by atomic mass is 32.2. The molecule has 1 unspecified atom stereocenters. The Morgan fingerprint density at radius 1 is 1.35 bits per heavy atom. The SMILES string of the molecule is CC1CSCCN1C(=O)c1cc(O)cc(O)c1. The molecule has 17 heavy (non-hydrogen) atoms. The lowest BCUT2D eigenvalue weighted by atomic mass is 10.1. The van der Waals surface area contributed by atoms with Gasteiger partial charge in [-0.1, -0.05) is 0 Å². The van der Waals surface area contributed by atoms with Crippen LogP contribution in [0.15, 0.2) is 18.2 Å². The Hall–Kier alpha value is -1.36. The van der Waals surface area contributed by atoms with E-state index in [-0.39, 0.29) is 23.4 Å². The second-order valence-electron chi connectivity index (χ2n) is 4.16. The molecule has 5 heteroatoms. The molecule has 92 valence electrons. The Balaban J connectivity index is 2.23. The lowest BCUT2D eigenvalue weighted by molar-refractivity contribution is 0.0715. The maximum Gasteiger partial charge on any atom is 0.254 e. The molecule has 0 saturated carbocycles. The molecule has 2 N–H and O–H groups in total. The number of carbonyl (C=O) groups is 1. The van der Waals surface area contributed by atoms with Crippen molar-refractivity contribution in [3.63, 3.8) is 0 Å². The number of phenols is 2. The average molecular weight is 253 g/mol. The molecule has 1 saturated heterocycles. The summed E-state index contributed by atoms with van der Waals surface area (Å²) in [6, 6.07) is 4.17. The monoisotopic (exact) mass is 253 g/mol. The van der Waals surface area contributed by atoms with Gasteiger partial charge in [-0.05, 0) is 19.1 Å². The first-order valence-electron chi connectivity index (χ1n) is 5.49. The van der Waals surface area contributed by atoms with Crippen LogP contribution in [0.4, 0.5) is 0 Å². The second kappa shape index (κ2) is 4.87. The van der Waals surface area contributed by atoms with Gasteiger partial charge in [0, 0.05) is 35.7 Å². The molecule has 1 amide bonds. The number of hydrogen-bond acceptors (Lipinski definition) is 4. The maximum atomic E-state index is 12.2. The molecular weight excluding hydrogens is 238 g/mol. The van der Waals surface area contributed by atoms with Gasteiger partial charge in [0.2, 0.25) is 0 Å². The van der Waals surface area contributed by atoms with Crippen molar-refractivity contribution in [2.45, 2.75) is 13.0 Å². The highest BCUT2D eigenvalue weighted by molar-refractivity contribution is 7.99. The van der Waals surface area contributed by atoms with Crippen molar-refractivity contribution in [2.75, 3.05) is 18.1 Å². The van der Waals surface area contributed by atoms with Crippen molar-refractivity contribution < 1.29 is 15.0 Å². The third-order valence-corrected chi connectivity index (χ3v) is 3.97. The first kappa shape index (κ1) is 12.1. The molecule has 1 aromatic carbocycles. The van der Waals surface area contributed by atoms with E-state index in [1.165, 1.54) is 18.2 Å². The number of carbonyl (C=O) groups excluding carboxylic acids is 1. The highest BCUT2D eigenvalue weighted by Crippen LogP contribution is 2.24. The number of nitrogens with zero attached hydrogens (tertiary/aromatic N) is 1. The van der Waals surface area contributed by atoms with Crippen LogP contribution in [0.3, 0.4) is 0 Å². The number of aromatic hydroxyl groups is 2. The molecule has 0 aliphatic carbocycles. The summed E-state index contributed by atoms with van der Waals surface area (Å²) in [5.74, 6) is 1.54. The van der Waals surface area contributed by atoms with E-state index in [2.05, 4.69) is 0 Å². The van der Waals surface area contributed by atoms with Crippen molar-refractivity contribution in [3.8, 4) is 11.5 Å². The lowest BCUT2D eigenvalue weighted by Crippen LogP contribution is -2.44. The van der Waals surface area contributed by atoms with Gasteiger partial charge < -0.3 is 15.1 Å². The number of phenolic OH excluding ortho intramolecular Hbond substituents is 2. The standard InChI is InChI=1S/C12H15NO3S/c1-8-7-17-3-2-13(8)12(16)9-4-10(14)6-11(15)5-9/h4-6,8,14-15H,2-3,7H2,1H3. The Morgan fingerprint density at radius 3 is 2.59 bits per heavy atom. The van der Waals surface area contributed by atoms with Crippen LogP contribution >= 0.6 is 11.8 Å². The van der Waals surface area contributed by atoms with E-state index < -0.39 is 0 Å². The largest absolute Gasteiger partial charge is 0.508 e. The molecule has 4 nitrogen and oxygen atoms in total. The maximum absolute atomic E-state index is 12.2. The zero-order valence-corrected chi connectivity index (χ0v) is 10.4. The van der Waals surface area contributed by atoms with Crippen molar-refractivity contribution in [3.05, 3.63) is 23.8 Å². The Labute approximate surface area is 104 Å². The number of amides is 1. The zero-order chi connectivity index (χ0) is 12.4. The van der Waals surface area contributed by atoms with E-state index in [4.69, 9.17) is 0 Å². The molecule has 1 aliphatic rings. The minimum absolute atomic E-state index is 0.0904. The molecule has 0 spiro atoms. The van der Waals surface area contributed by atoms with Gasteiger partial charge in [0.1, 0.15) is 11.5 Å². The first-order valence-corrected chi connectivity index (χ1v) is 6.65. The third kappa shape index (κ3) is 2.66. The van der Waals surface area contributed by atoms with Crippen molar-refractivity contribution in [1.82, 2.24) is 4.90 Å². The van der Waals surface area contributed by atoms with Gasteiger partial charge in [0.25, 0.3) is 5.91 Å². The Morgan fingerprint density at radius 2 is 2.00 bits per heavy atom. The average Bonchev–Trinajstić information content (AvgIpc) is 2.27. The molecule has 1 heterocycles. The topological polar surface area (TPSA) is 60.8 Å². The van der Waals surface area contributed by atoms with E-state index in [9.17, 15) is 15.0 Å². The van der Waals surface area contributed by atoms with E-state index in [0.29, 0.717) is 12.1 Å². The van der Waals surface area contributed by atoms with Crippen molar-refractivity contribution in [1.29, 1.82) is 0 Å². The highest BCUT2D eigenvalue weighted by Gasteiger charge is 2.24. The summed E-state index contributed by atoms with van der Waals surface area (Å²) in [6.07, 6.45) is 0. The van der Waals surface area contributed by atoms with Crippen LogP contribution in [-0.2, 0) is 0 Å². The lowest BCUT2D eigenvalue weighted by Gasteiger charge is -2.33. The van der Waals surface area contributed by atoms with Crippen LogP contribution in [-0.4, -0.2) is 45.1 Å². The van der Waals surface area contributed by atoms with Gasteiger partial charge in [-0.3, -0.25) is 4.79 Å². The van der Waals surface area contributed by atoms with Gasteiger partial charge in [-0.2, -0.15) is 11.8 Å². The molecule has 1 aliphatic heterocycles. The van der Waals surface area contributed by atoms with Gasteiger partial charge in [-0.15, -0.1) is 0 Å². The molecular formula is C12H15NO3S. The summed E-state index contributed by atoms with van der Waals surface area (Å²) in [5, 5.41) is 18.7. The predicted octanol–water partition coefficient (Wildman–Crippen LogP) is 1.68. The number of hydrogen-bond donors (Lipinski definition) is 2. The molecule has 1 fully saturated rings. The van der Waals surface area contributed by atoms with Crippen LogP contribution < -0.4 is 0 Å². The van der Waals surface area contributed by atoms with E-state index >= 15 is 0 Å². The second-order valence-corrected chi connectivity index (χ2v) is 5.31. The third-order valence-electron chi connectivity index (χ3n) is 2.78. The van der Waals surface area contributed by atoms with Gasteiger partial charge in [0.05, 0.1) is 0 Å². The van der Waals surface area contributed by atoms with Crippen molar-refractivity contribution in [2.24, 2.45) is 0 Å². The number of thioether (sulfide) groups is 1. The summed E-state index contributed by atoms with van der Waals surface area (Å²) in [7, 11) is 0. The van der Waals surface area contributed by atoms with Crippen LogP contribution in [0.2, 0.25) is 0 Å². The van der Waals surface area contributed by atoms with Gasteiger partial charge in [-0.25, -0.2) is 0 Å². The minimum Gasteiger partial charge on any atom is -0.508 e. The molecule has 0 radical (unpaired) electrons. The van der Waals surface area contributed by atoms with Crippen LogP contribution in [0.1, 0.15) is 17.3 Å². The summed E-state index contributed by atoms with van der Waals surface area (Å²) in [5.41, 5.74) is 0.334. The summed E-state index contributed by atoms with van der Waals surface area (Å²) in [4.78, 5) is 14.0. The Kier molecular flexibility index (Phi) is 3.47. The molecule has 0 bridgehead atoms. The molecule has 1 aromatic rings. The molecule has 0 aromatic heterocycles. The molecule has 2 rings (SSSR count). The fourth-order valence-corrected chi connectivity index (χ4v) is 2.93. The van der Waals surface area contributed by atoms with E-state index in [1.54, 1.807) is 4.90 Å². The van der Waals surface area contributed by atoms with E-state index in [0.717, 1.165) is 11.5 Å². The van der Waals surface area contributed by atoms with E-state index in [1.807, 2.05) is 18.7 Å². The summed E-state index contributed by atoms with van der Waals surface area (Å²) < 4.78 is 0. The minimum atomic E-state index is -0.135. The smallest absolute Gasteiger partial charge is 0.254 e. The fourth-order valence-electron chi connectivity index (χ4n) is 1.91. The van der Waals surface area contributed by atoms with Crippen LogP contribution in [0, 0.1) is 0 Å². The predicted molar refractivity (Wildman–Crippen MR) is 67.6 cm³/mol. The number of rotatable bonds is 1. The molecule has 1 atom stereocenters. The summed E-state index contributed by atoms with van der Waals surface area (Å²) >= 11 is 1.83. The van der Waals surface area contributed by atoms with Gasteiger partial charge in [0.15, 0.2) is 0 Å². The quantitative estimate of drug-likeness (QED) is 0.799.